The summed E-state index contributed by atoms with van der Waals surface area (Å²) in [4.78, 5) is 22.4. The van der Waals surface area contributed by atoms with Gasteiger partial charge in [-0.25, -0.2) is 0 Å². The highest BCUT2D eigenvalue weighted by molar-refractivity contribution is 5.81. The molecule has 0 heterocycles. The van der Waals surface area contributed by atoms with E-state index in [1.807, 2.05) is 13.8 Å². The van der Waals surface area contributed by atoms with Gasteiger partial charge < -0.3 is 9.47 Å². The van der Waals surface area contributed by atoms with Crippen molar-refractivity contribution in [2.45, 2.75) is 39.7 Å². The first-order valence-corrected chi connectivity index (χ1v) is 5.20. The molecule has 0 aromatic carbocycles. The normalized spacial score (nSPS) is 14.4. The van der Waals surface area contributed by atoms with Crippen molar-refractivity contribution >= 4 is 11.8 Å². The SMILES string of the molecule is CCC(C)C(=O)CC(COC)OC(C)=O. The molecule has 4 heteroatoms. The summed E-state index contributed by atoms with van der Waals surface area (Å²) in [6.45, 7) is 5.43. The van der Waals surface area contributed by atoms with E-state index in [1.54, 1.807) is 0 Å². The van der Waals surface area contributed by atoms with Crippen molar-refractivity contribution in [2.75, 3.05) is 13.7 Å². The lowest BCUT2D eigenvalue weighted by Crippen LogP contribution is -2.27. The number of hydrogen-bond acceptors (Lipinski definition) is 4. The van der Waals surface area contributed by atoms with Crippen molar-refractivity contribution in [3.05, 3.63) is 0 Å². The molecule has 0 spiro atoms. The van der Waals surface area contributed by atoms with Gasteiger partial charge in [-0.3, -0.25) is 9.59 Å². The molecule has 2 unspecified atom stereocenters. The highest BCUT2D eigenvalue weighted by atomic mass is 16.6. The zero-order valence-corrected chi connectivity index (χ0v) is 9.91. The molecule has 0 aliphatic heterocycles. The van der Waals surface area contributed by atoms with E-state index in [0.29, 0.717) is 0 Å². The van der Waals surface area contributed by atoms with Crippen LogP contribution in [0.4, 0.5) is 0 Å². The number of Topliss-reactive ketones (excluding diaryl/α,β-unsaturated/α-hetero) is 1. The molecule has 0 amide bonds. The van der Waals surface area contributed by atoms with Crippen molar-refractivity contribution in [3.8, 4) is 0 Å². The van der Waals surface area contributed by atoms with Gasteiger partial charge in [0.05, 0.1) is 6.61 Å². The largest absolute Gasteiger partial charge is 0.460 e. The molecule has 88 valence electrons. The first-order valence-electron chi connectivity index (χ1n) is 5.20. The lowest BCUT2D eigenvalue weighted by molar-refractivity contribution is -0.150. The van der Waals surface area contributed by atoms with E-state index in [0.717, 1.165) is 6.42 Å². The Bertz CT molecular complexity index is 213. The van der Waals surface area contributed by atoms with Gasteiger partial charge in [-0.15, -0.1) is 0 Å². The molecule has 0 bridgehead atoms. The summed E-state index contributed by atoms with van der Waals surface area (Å²) in [6.07, 6.45) is 0.593. The van der Waals surface area contributed by atoms with Crippen molar-refractivity contribution in [1.82, 2.24) is 0 Å². The Kier molecular flexibility index (Phi) is 6.96. The smallest absolute Gasteiger partial charge is 0.302 e. The van der Waals surface area contributed by atoms with Crippen molar-refractivity contribution in [3.63, 3.8) is 0 Å². The summed E-state index contributed by atoms with van der Waals surface area (Å²) >= 11 is 0. The van der Waals surface area contributed by atoms with Crippen LogP contribution in [0.25, 0.3) is 0 Å². The van der Waals surface area contributed by atoms with Gasteiger partial charge in [-0.05, 0) is 6.42 Å². The number of hydrogen-bond donors (Lipinski definition) is 0. The summed E-state index contributed by atoms with van der Waals surface area (Å²) in [5.74, 6) is -0.255. The molecule has 0 fully saturated rings. The fraction of sp³-hybridized carbons (Fsp3) is 0.818. The lowest BCUT2D eigenvalue weighted by Gasteiger charge is -2.17. The van der Waals surface area contributed by atoms with Gasteiger partial charge in [-0.1, -0.05) is 13.8 Å². The van der Waals surface area contributed by atoms with Crippen LogP contribution in [0.15, 0.2) is 0 Å². The van der Waals surface area contributed by atoms with Crippen LogP contribution in [0, 0.1) is 5.92 Å². The van der Waals surface area contributed by atoms with Crippen molar-refractivity contribution in [2.24, 2.45) is 5.92 Å². The molecular weight excluding hydrogens is 196 g/mol. The van der Waals surface area contributed by atoms with E-state index in [-0.39, 0.29) is 30.7 Å². The second-order valence-electron chi connectivity index (χ2n) is 3.67. The lowest BCUT2D eigenvalue weighted by atomic mass is 9.99. The third-order valence-electron chi connectivity index (χ3n) is 2.28. The molecule has 0 radical (unpaired) electrons. The summed E-state index contributed by atoms with van der Waals surface area (Å²) in [5.41, 5.74) is 0. The Morgan fingerprint density at radius 2 is 1.93 bits per heavy atom. The molecule has 4 nitrogen and oxygen atoms in total. The molecule has 0 saturated carbocycles. The maximum Gasteiger partial charge on any atom is 0.302 e. The summed E-state index contributed by atoms with van der Waals surface area (Å²) in [5, 5.41) is 0. The zero-order chi connectivity index (χ0) is 11.8. The predicted octanol–water partition coefficient (Wildman–Crippen LogP) is 1.57. The fourth-order valence-corrected chi connectivity index (χ4v) is 1.21. The number of esters is 1. The Morgan fingerprint density at radius 1 is 1.33 bits per heavy atom. The summed E-state index contributed by atoms with van der Waals surface area (Å²) < 4.78 is 9.86. The number of carbonyl (C=O) groups is 2. The Morgan fingerprint density at radius 3 is 2.33 bits per heavy atom. The van der Waals surface area contributed by atoms with Crippen molar-refractivity contribution in [1.29, 1.82) is 0 Å². The summed E-state index contributed by atoms with van der Waals surface area (Å²) in [7, 11) is 1.52. The highest BCUT2D eigenvalue weighted by Crippen LogP contribution is 2.10. The molecular formula is C11H20O4. The quantitative estimate of drug-likeness (QED) is 0.606. The molecule has 0 rings (SSSR count). The van der Waals surface area contributed by atoms with Gasteiger partial charge >= 0.3 is 5.97 Å². The third-order valence-corrected chi connectivity index (χ3v) is 2.28. The molecule has 0 aromatic rings. The highest BCUT2D eigenvalue weighted by Gasteiger charge is 2.19. The third kappa shape index (κ3) is 6.23. The predicted molar refractivity (Wildman–Crippen MR) is 56.5 cm³/mol. The average molecular weight is 216 g/mol. The molecule has 0 N–H and O–H groups in total. The van der Waals surface area contributed by atoms with Crippen LogP contribution in [-0.2, 0) is 19.1 Å². The van der Waals surface area contributed by atoms with Gasteiger partial charge in [0.25, 0.3) is 0 Å². The molecule has 0 aliphatic carbocycles. The van der Waals surface area contributed by atoms with E-state index < -0.39 is 6.10 Å². The molecule has 0 saturated heterocycles. The number of methoxy groups -OCH3 is 1. The fourth-order valence-electron chi connectivity index (χ4n) is 1.21. The monoisotopic (exact) mass is 216 g/mol. The molecule has 15 heavy (non-hydrogen) atoms. The van der Waals surface area contributed by atoms with Crippen LogP contribution >= 0.6 is 0 Å². The van der Waals surface area contributed by atoms with Crippen LogP contribution < -0.4 is 0 Å². The van der Waals surface area contributed by atoms with Gasteiger partial charge in [0.2, 0.25) is 0 Å². The van der Waals surface area contributed by atoms with Crippen LogP contribution in [0.1, 0.15) is 33.6 Å². The standard InChI is InChI=1S/C11H20O4/c1-5-8(2)11(13)6-10(7-14-4)15-9(3)12/h8,10H,5-7H2,1-4H3. The van der Waals surface area contributed by atoms with Gasteiger partial charge in [-0.2, -0.15) is 0 Å². The van der Waals surface area contributed by atoms with Crippen LogP contribution in [0.2, 0.25) is 0 Å². The van der Waals surface area contributed by atoms with Crippen molar-refractivity contribution < 1.29 is 19.1 Å². The van der Waals surface area contributed by atoms with Crippen LogP contribution in [0.5, 0.6) is 0 Å². The minimum absolute atomic E-state index is 0.0138. The first-order chi connectivity index (χ1) is 7.01. The molecule has 0 aliphatic rings. The van der Waals surface area contributed by atoms with E-state index in [1.165, 1.54) is 14.0 Å². The zero-order valence-electron chi connectivity index (χ0n) is 9.91. The van der Waals surface area contributed by atoms with Gasteiger partial charge in [0, 0.05) is 26.4 Å². The summed E-state index contributed by atoms with van der Waals surface area (Å²) in [6, 6.07) is 0. The average Bonchev–Trinajstić information content (AvgIpc) is 2.15. The minimum atomic E-state index is -0.450. The maximum atomic E-state index is 11.6. The number of ether oxygens (including phenoxy) is 2. The van der Waals surface area contributed by atoms with E-state index >= 15 is 0 Å². The maximum absolute atomic E-state index is 11.6. The van der Waals surface area contributed by atoms with Crippen LogP contribution in [0.3, 0.4) is 0 Å². The number of carbonyl (C=O) groups excluding carboxylic acids is 2. The van der Waals surface area contributed by atoms with Gasteiger partial charge in [0.15, 0.2) is 0 Å². The topological polar surface area (TPSA) is 52.6 Å². The van der Waals surface area contributed by atoms with E-state index in [9.17, 15) is 9.59 Å². The Balaban J connectivity index is 4.14. The second kappa shape index (κ2) is 7.40. The van der Waals surface area contributed by atoms with Crippen LogP contribution in [-0.4, -0.2) is 31.6 Å². The Hall–Kier alpha value is -0.900. The second-order valence-corrected chi connectivity index (χ2v) is 3.67. The number of rotatable bonds is 7. The minimum Gasteiger partial charge on any atom is -0.460 e. The van der Waals surface area contributed by atoms with E-state index in [4.69, 9.17) is 9.47 Å². The number of ketones is 1. The van der Waals surface area contributed by atoms with E-state index in [2.05, 4.69) is 0 Å². The Labute approximate surface area is 90.9 Å². The van der Waals surface area contributed by atoms with Gasteiger partial charge in [0.1, 0.15) is 11.9 Å². The molecule has 0 aromatic heterocycles. The molecule has 2 atom stereocenters. The first kappa shape index (κ1) is 14.1.